The number of primary amides is 1. The molecule has 1 aliphatic heterocycles. The minimum Gasteiger partial charge on any atom is -0.393 e. The van der Waals surface area contributed by atoms with Crippen molar-refractivity contribution in [3.8, 4) is 0 Å². The molecule has 4 heteroatoms. The van der Waals surface area contributed by atoms with Gasteiger partial charge in [0.2, 0.25) is 5.91 Å². The third-order valence-corrected chi connectivity index (χ3v) is 3.62. The van der Waals surface area contributed by atoms with Crippen molar-refractivity contribution < 1.29 is 9.90 Å². The number of hydrogen-bond donors (Lipinski definition) is 2. The number of rotatable bonds is 3. The monoisotopic (exact) mass is 248 g/mol. The number of carbonyl (C=O) groups is 1. The first-order valence-electron chi connectivity index (χ1n) is 6.36. The van der Waals surface area contributed by atoms with Crippen LogP contribution in [0.3, 0.4) is 0 Å². The van der Waals surface area contributed by atoms with Crippen LogP contribution in [-0.4, -0.2) is 35.1 Å². The van der Waals surface area contributed by atoms with Crippen LogP contribution in [-0.2, 0) is 6.54 Å². The van der Waals surface area contributed by atoms with E-state index < -0.39 is 0 Å². The zero-order valence-electron chi connectivity index (χ0n) is 10.7. The van der Waals surface area contributed by atoms with Crippen molar-refractivity contribution in [3.63, 3.8) is 0 Å². The Balaban J connectivity index is 2.08. The van der Waals surface area contributed by atoms with Gasteiger partial charge in [0.05, 0.1) is 6.10 Å². The lowest BCUT2D eigenvalue weighted by molar-refractivity contribution is 0.0319. The van der Waals surface area contributed by atoms with E-state index in [4.69, 9.17) is 5.73 Å². The molecule has 1 fully saturated rings. The van der Waals surface area contributed by atoms with Gasteiger partial charge in [0.25, 0.3) is 0 Å². The highest BCUT2D eigenvalue weighted by molar-refractivity contribution is 5.94. The second-order valence-electron chi connectivity index (χ2n) is 5.09. The summed E-state index contributed by atoms with van der Waals surface area (Å²) in [5.41, 5.74) is 6.93. The number of nitrogens with zero attached hydrogens (tertiary/aromatic N) is 1. The number of carbonyl (C=O) groups excluding carboxylic acids is 1. The molecule has 0 bridgehead atoms. The van der Waals surface area contributed by atoms with Crippen molar-refractivity contribution in [3.05, 3.63) is 35.4 Å². The van der Waals surface area contributed by atoms with Crippen molar-refractivity contribution in [1.82, 2.24) is 4.90 Å². The second kappa shape index (κ2) is 5.50. The van der Waals surface area contributed by atoms with Crippen LogP contribution in [0.15, 0.2) is 24.3 Å². The average Bonchev–Trinajstić information content (AvgIpc) is 2.34. The number of aliphatic hydroxyl groups is 1. The normalized spacial score (nSPS) is 25.0. The summed E-state index contributed by atoms with van der Waals surface area (Å²) in [7, 11) is 0. The number of likely N-dealkylation sites (tertiary alicyclic amines) is 1. The number of aliphatic hydroxyl groups excluding tert-OH is 1. The molecule has 1 amide bonds. The van der Waals surface area contributed by atoms with E-state index in [-0.39, 0.29) is 17.9 Å². The Bertz CT molecular complexity index is 434. The van der Waals surface area contributed by atoms with Gasteiger partial charge in [0.1, 0.15) is 0 Å². The van der Waals surface area contributed by atoms with Crippen LogP contribution >= 0.6 is 0 Å². The van der Waals surface area contributed by atoms with Gasteiger partial charge in [-0.05, 0) is 24.0 Å². The fourth-order valence-corrected chi connectivity index (χ4v) is 2.50. The molecule has 1 aliphatic rings. The van der Waals surface area contributed by atoms with Crippen molar-refractivity contribution in [2.75, 3.05) is 13.1 Å². The summed E-state index contributed by atoms with van der Waals surface area (Å²) >= 11 is 0. The Labute approximate surface area is 107 Å². The van der Waals surface area contributed by atoms with Crippen molar-refractivity contribution in [1.29, 1.82) is 0 Å². The van der Waals surface area contributed by atoms with E-state index in [2.05, 4.69) is 11.8 Å². The molecule has 1 heterocycles. The largest absolute Gasteiger partial charge is 0.393 e. The minimum absolute atomic E-state index is 0.201. The SMILES string of the molecule is CC1CN(Cc2ccccc2C(N)=O)CCC1O. The summed E-state index contributed by atoms with van der Waals surface area (Å²) in [6.45, 7) is 4.49. The Morgan fingerprint density at radius 2 is 2.22 bits per heavy atom. The van der Waals surface area contributed by atoms with Crippen LogP contribution in [0.25, 0.3) is 0 Å². The van der Waals surface area contributed by atoms with Crippen LogP contribution in [0.2, 0.25) is 0 Å². The second-order valence-corrected chi connectivity index (χ2v) is 5.09. The maximum Gasteiger partial charge on any atom is 0.249 e. The van der Waals surface area contributed by atoms with E-state index in [1.165, 1.54) is 0 Å². The highest BCUT2D eigenvalue weighted by atomic mass is 16.3. The lowest BCUT2D eigenvalue weighted by Gasteiger charge is -2.34. The molecule has 4 nitrogen and oxygen atoms in total. The predicted molar refractivity (Wildman–Crippen MR) is 70.0 cm³/mol. The molecule has 0 saturated carbocycles. The lowest BCUT2D eigenvalue weighted by atomic mass is 9.96. The van der Waals surface area contributed by atoms with Crippen LogP contribution < -0.4 is 5.73 Å². The smallest absolute Gasteiger partial charge is 0.249 e. The summed E-state index contributed by atoms with van der Waals surface area (Å²) in [4.78, 5) is 13.6. The molecule has 1 aromatic rings. The number of amides is 1. The van der Waals surface area contributed by atoms with Crippen molar-refractivity contribution in [2.24, 2.45) is 11.7 Å². The van der Waals surface area contributed by atoms with Crippen molar-refractivity contribution in [2.45, 2.75) is 26.0 Å². The Morgan fingerprint density at radius 1 is 1.50 bits per heavy atom. The number of piperidine rings is 1. The lowest BCUT2D eigenvalue weighted by Crippen LogP contribution is -2.41. The molecule has 2 atom stereocenters. The predicted octanol–water partition coefficient (Wildman–Crippen LogP) is 0.988. The van der Waals surface area contributed by atoms with Crippen LogP contribution in [0.1, 0.15) is 29.3 Å². The van der Waals surface area contributed by atoms with Crippen LogP contribution in [0.4, 0.5) is 0 Å². The molecular weight excluding hydrogens is 228 g/mol. The Morgan fingerprint density at radius 3 is 2.89 bits per heavy atom. The van der Waals surface area contributed by atoms with Gasteiger partial charge in [-0.1, -0.05) is 25.1 Å². The summed E-state index contributed by atoms with van der Waals surface area (Å²) in [5, 5.41) is 9.70. The van der Waals surface area contributed by atoms with Gasteiger partial charge >= 0.3 is 0 Å². The summed E-state index contributed by atoms with van der Waals surface area (Å²) in [6.07, 6.45) is 0.590. The molecule has 0 aliphatic carbocycles. The molecule has 1 saturated heterocycles. The Kier molecular flexibility index (Phi) is 3.99. The summed E-state index contributed by atoms with van der Waals surface area (Å²) in [5.74, 6) is -0.102. The third-order valence-electron chi connectivity index (χ3n) is 3.62. The molecule has 0 aromatic heterocycles. The molecule has 2 unspecified atom stereocenters. The highest BCUT2D eigenvalue weighted by Gasteiger charge is 2.24. The van der Waals surface area contributed by atoms with E-state index in [0.717, 1.165) is 31.6 Å². The fourth-order valence-electron chi connectivity index (χ4n) is 2.50. The molecule has 98 valence electrons. The van der Waals surface area contributed by atoms with Crippen LogP contribution in [0.5, 0.6) is 0 Å². The topological polar surface area (TPSA) is 66.6 Å². The van der Waals surface area contributed by atoms with E-state index in [1.807, 2.05) is 18.2 Å². The first-order valence-corrected chi connectivity index (χ1v) is 6.36. The van der Waals surface area contributed by atoms with Gasteiger partial charge in [-0.25, -0.2) is 0 Å². The quantitative estimate of drug-likeness (QED) is 0.838. The van der Waals surface area contributed by atoms with Gasteiger partial charge in [-0.15, -0.1) is 0 Å². The fraction of sp³-hybridized carbons (Fsp3) is 0.500. The number of benzene rings is 1. The van der Waals surface area contributed by atoms with E-state index in [1.54, 1.807) is 6.07 Å². The molecule has 18 heavy (non-hydrogen) atoms. The van der Waals surface area contributed by atoms with Crippen LogP contribution in [0, 0.1) is 5.92 Å². The number of hydrogen-bond acceptors (Lipinski definition) is 3. The number of nitrogens with two attached hydrogens (primary N) is 1. The molecule has 2 rings (SSSR count). The molecule has 3 N–H and O–H groups in total. The molecule has 0 radical (unpaired) electrons. The minimum atomic E-state index is -0.379. The molecular formula is C14H20N2O2. The first-order chi connectivity index (χ1) is 8.58. The highest BCUT2D eigenvalue weighted by Crippen LogP contribution is 2.19. The third kappa shape index (κ3) is 2.89. The first kappa shape index (κ1) is 13.1. The van der Waals surface area contributed by atoms with E-state index >= 15 is 0 Å². The van der Waals surface area contributed by atoms with Gasteiger partial charge in [-0.2, -0.15) is 0 Å². The summed E-state index contributed by atoms with van der Waals surface area (Å²) in [6, 6.07) is 7.45. The van der Waals surface area contributed by atoms with Gasteiger partial charge < -0.3 is 10.8 Å². The van der Waals surface area contributed by atoms with Gasteiger partial charge in [0.15, 0.2) is 0 Å². The van der Waals surface area contributed by atoms with Gasteiger partial charge in [-0.3, -0.25) is 9.69 Å². The van der Waals surface area contributed by atoms with E-state index in [9.17, 15) is 9.90 Å². The molecule has 0 spiro atoms. The maximum atomic E-state index is 11.3. The van der Waals surface area contributed by atoms with E-state index in [0.29, 0.717) is 5.56 Å². The average molecular weight is 248 g/mol. The Hall–Kier alpha value is -1.39. The summed E-state index contributed by atoms with van der Waals surface area (Å²) < 4.78 is 0. The van der Waals surface area contributed by atoms with Crippen molar-refractivity contribution >= 4 is 5.91 Å². The zero-order chi connectivity index (χ0) is 13.1. The maximum absolute atomic E-state index is 11.3. The zero-order valence-corrected chi connectivity index (χ0v) is 10.7. The standard InChI is InChI=1S/C14H20N2O2/c1-10-8-16(7-6-13(10)17)9-11-4-2-3-5-12(11)14(15)18/h2-5,10,13,17H,6-9H2,1H3,(H2,15,18). The van der Waals surface area contributed by atoms with Gasteiger partial charge in [0, 0.05) is 25.2 Å². The molecule has 1 aromatic carbocycles.